The number of amides is 3. The second kappa shape index (κ2) is 12.0. The molecule has 1 atom stereocenters. The molecule has 0 aliphatic heterocycles. The topological polar surface area (TPSA) is 108 Å². The Morgan fingerprint density at radius 1 is 1.00 bits per heavy atom. The van der Waals surface area contributed by atoms with E-state index in [0.717, 1.165) is 12.8 Å². The molecule has 0 saturated heterocycles. The van der Waals surface area contributed by atoms with E-state index in [9.17, 15) is 14.4 Å². The van der Waals surface area contributed by atoms with Crippen molar-refractivity contribution in [2.24, 2.45) is 0 Å². The molecule has 122 valence electrons. The Bertz CT molecular complexity index is 334. The largest absolute Gasteiger partial charge is 0.480 e. The maximum absolute atomic E-state index is 11.5. The van der Waals surface area contributed by atoms with Crippen molar-refractivity contribution in [2.45, 2.75) is 58.4 Å². The highest BCUT2D eigenvalue weighted by molar-refractivity contribution is 5.88. The summed E-state index contributed by atoms with van der Waals surface area (Å²) in [6, 6.07) is -1.18. The molecule has 0 aliphatic carbocycles. The van der Waals surface area contributed by atoms with Gasteiger partial charge < -0.3 is 21.1 Å². The SMILES string of the molecule is CCCCCCCCNC(=O)N[C@@H](C)C(=O)NCC(=O)O. The van der Waals surface area contributed by atoms with Crippen molar-refractivity contribution in [3.05, 3.63) is 0 Å². The third-order valence-electron chi connectivity index (χ3n) is 2.97. The molecular weight excluding hydrogens is 274 g/mol. The molecular formula is C14H27N3O4. The molecule has 7 heteroatoms. The molecule has 0 aromatic carbocycles. The summed E-state index contributed by atoms with van der Waals surface area (Å²) < 4.78 is 0. The summed E-state index contributed by atoms with van der Waals surface area (Å²) in [6.07, 6.45) is 6.85. The van der Waals surface area contributed by atoms with Gasteiger partial charge in [-0.05, 0) is 13.3 Å². The average molecular weight is 301 g/mol. The Morgan fingerprint density at radius 3 is 2.24 bits per heavy atom. The molecule has 0 aromatic rings. The summed E-state index contributed by atoms with van der Waals surface area (Å²) in [7, 11) is 0. The second-order valence-electron chi connectivity index (χ2n) is 5.00. The first-order valence-corrected chi connectivity index (χ1v) is 7.51. The fourth-order valence-corrected chi connectivity index (χ4v) is 1.74. The van der Waals surface area contributed by atoms with E-state index >= 15 is 0 Å². The third-order valence-corrected chi connectivity index (χ3v) is 2.97. The molecule has 0 aliphatic rings. The van der Waals surface area contributed by atoms with E-state index in [-0.39, 0.29) is 0 Å². The predicted molar refractivity (Wildman–Crippen MR) is 80.0 cm³/mol. The summed E-state index contributed by atoms with van der Waals surface area (Å²) in [5.74, 6) is -1.64. The van der Waals surface area contributed by atoms with Crippen LogP contribution < -0.4 is 16.0 Å². The Morgan fingerprint density at radius 2 is 1.62 bits per heavy atom. The van der Waals surface area contributed by atoms with Crippen LogP contribution in [0, 0.1) is 0 Å². The fraction of sp³-hybridized carbons (Fsp3) is 0.786. The maximum atomic E-state index is 11.5. The van der Waals surface area contributed by atoms with E-state index in [1.807, 2.05) is 0 Å². The van der Waals surface area contributed by atoms with E-state index in [0.29, 0.717) is 6.54 Å². The van der Waals surface area contributed by atoms with Gasteiger partial charge in [0.2, 0.25) is 5.91 Å². The lowest BCUT2D eigenvalue weighted by Gasteiger charge is -2.14. The molecule has 0 spiro atoms. The molecule has 0 unspecified atom stereocenters. The molecule has 4 N–H and O–H groups in total. The number of rotatable bonds is 11. The van der Waals surface area contributed by atoms with Crippen LogP contribution in [0.15, 0.2) is 0 Å². The number of carbonyl (C=O) groups excluding carboxylic acids is 2. The van der Waals surface area contributed by atoms with Gasteiger partial charge in [-0.25, -0.2) is 4.79 Å². The van der Waals surface area contributed by atoms with Crippen LogP contribution in [-0.4, -0.2) is 42.1 Å². The number of carboxylic acid groups (broad SMARTS) is 1. The van der Waals surface area contributed by atoms with Gasteiger partial charge in [0.25, 0.3) is 0 Å². The molecule has 3 amide bonds. The van der Waals surface area contributed by atoms with Gasteiger partial charge in [0, 0.05) is 6.54 Å². The Labute approximate surface area is 125 Å². The Balaban J connectivity index is 3.64. The number of hydrogen-bond acceptors (Lipinski definition) is 3. The number of aliphatic carboxylic acids is 1. The molecule has 0 bridgehead atoms. The predicted octanol–water partition coefficient (Wildman–Crippen LogP) is 1.24. The summed E-state index contributed by atoms with van der Waals surface area (Å²) in [5, 5.41) is 15.8. The van der Waals surface area contributed by atoms with Crippen LogP contribution in [0.5, 0.6) is 0 Å². The van der Waals surface area contributed by atoms with Crippen molar-refractivity contribution in [1.82, 2.24) is 16.0 Å². The minimum absolute atomic E-state index is 0.415. The molecule has 0 aromatic heterocycles. The second-order valence-corrected chi connectivity index (χ2v) is 5.00. The molecule has 0 fully saturated rings. The summed E-state index contributed by atoms with van der Waals surface area (Å²) in [5.41, 5.74) is 0. The van der Waals surface area contributed by atoms with Gasteiger partial charge in [-0.3, -0.25) is 9.59 Å². The highest BCUT2D eigenvalue weighted by Crippen LogP contribution is 2.03. The Kier molecular flexibility index (Phi) is 11.0. The first-order chi connectivity index (χ1) is 9.97. The highest BCUT2D eigenvalue weighted by atomic mass is 16.4. The third kappa shape index (κ3) is 11.7. The number of unbranched alkanes of at least 4 members (excludes halogenated alkanes) is 5. The Hall–Kier alpha value is -1.79. The van der Waals surface area contributed by atoms with Gasteiger partial charge in [-0.1, -0.05) is 39.0 Å². The van der Waals surface area contributed by atoms with Crippen LogP contribution in [0.2, 0.25) is 0 Å². The lowest BCUT2D eigenvalue weighted by atomic mass is 10.1. The van der Waals surface area contributed by atoms with Crippen LogP contribution in [0.3, 0.4) is 0 Å². The summed E-state index contributed by atoms with van der Waals surface area (Å²) in [6.45, 7) is 3.78. The molecule has 0 radical (unpaired) electrons. The van der Waals surface area contributed by atoms with Crippen LogP contribution in [-0.2, 0) is 9.59 Å². The van der Waals surface area contributed by atoms with Crippen LogP contribution in [0.4, 0.5) is 4.79 Å². The van der Waals surface area contributed by atoms with Crippen molar-refractivity contribution in [2.75, 3.05) is 13.1 Å². The van der Waals surface area contributed by atoms with Gasteiger partial charge in [0.15, 0.2) is 0 Å². The standard InChI is InChI=1S/C14H27N3O4/c1-3-4-5-6-7-8-9-15-14(21)17-11(2)13(20)16-10-12(18)19/h11H,3-10H2,1-2H3,(H,16,20)(H,18,19)(H2,15,17,21)/t11-/m0/s1. The zero-order valence-corrected chi connectivity index (χ0v) is 12.9. The molecule has 0 heterocycles. The minimum Gasteiger partial charge on any atom is -0.480 e. The van der Waals surface area contributed by atoms with Gasteiger partial charge in [-0.2, -0.15) is 0 Å². The van der Waals surface area contributed by atoms with E-state index in [2.05, 4.69) is 22.9 Å². The van der Waals surface area contributed by atoms with E-state index in [1.54, 1.807) is 0 Å². The van der Waals surface area contributed by atoms with Gasteiger partial charge >= 0.3 is 12.0 Å². The normalized spacial score (nSPS) is 11.5. The van der Waals surface area contributed by atoms with Crippen molar-refractivity contribution in [1.29, 1.82) is 0 Å². The zero-order chi connectivity index (χ0) is 16.1. The van der Waals surface area contributed by atoms with E-state index < -0.39 is 30.5 Å². The first kappa shape index (κ1) is 19.2. The quantitative estimate of drug-likeness (QED) is 0.430. The molecule has 0 rings (SSSR count). The van der Waals surface area contributed by atoms with E-state index in [1.165, 1.54) is 32.6 Å². The van der Waals surface area contributed by atoms with Crippen molar-refractivity contribution in [3.8, 4) is 0 Å². The van der Waals surface area contributed by atoms with Crippen LogP contribution in [0.25, 0.3) is 0 Å². The van der Waals surface area contributed by atoms with Crippen molar-refractivity contribution in [3.63, 3.8) is 0 Å². The summed E-state index contributed by atoms with van der Waals surface area (Å²) >= 11 is 0. The number of carbonyl (C=O) groups is 3. The lowest BCUT2D eigenvalue weighted by molar-refractivity contribution is -0.138. The molecule has 7 nitrogen and oxygen atoms in total. The highest BCUT2D eigenvalue weighted by Gasteiger charge is 2.15. The number of urea groups is 1. The van der Waals surface area contributed by atoms with Gasteiger partial charge in [0.1, 0.15) is 12.6 Å². The fourth-order valence-electron chi connectivity index (χ4n) is 1.74. The summed E-state index contributed by atoms with van der Waals surface area (Å²) in [4.78, 5) is 33.3. The van der Waals surface area contributed by atoms with E-state index in [4.69, 9.17) is 5.11 Å². The van der Waals surface area contributed by atoms with Gasteiger partial charge in [-0.15, -0.1) is 0 Å². The van der Waals surface area contributed by atoms with Crippen molar-refractivity contribution < 1.29 is 19.5 Å². The number of carboxylic acids is 1. The zero-order valence-electron chi connectivity index (χ0n) is 12.9. The number of nitrogens with one attached hydrogen (secondary N) is 3. The van der Waals surface area contributed by atoms with Crippen LogP contribution in [0.1, 0.15) is 52.4 Å². The van der Waals surface area contributed by atoms with Gasteiger partial charge in [0.05, 0.1) is 0 Å². The van der Waals surface area contributed by atoms with Crippen molar-refractivity contribution >= 4 is 17.9 Å². The first-order valence-electron chi connectivity index (χ1n) is 7.51. The molecule has 0 saturated carbocycles. The maximum Gasteiger partial charge on any atom is 0.322 e. The minimum atomic E-state index is -1.12. The monoisotopic (exact) mass is 301 g/mol. The average Bonchev–Trinajstić information content (AvgIpc) is 2.43. The van der Waals surface area contributed by atoms with Crippen LogP contribution >= 0.6 is 0 Å². The smallest absolute Gasteiger partial charge is 0.322 e. The lowest BCUT2D eigenvalue weighted by Crippen LogP contribution is -2.49. The number of hydrogen-bond donors (Lipinski definition) is 4. The molecule has 21 heavy (non-hydrogen) atoms.